The molecule has 2 aromatic rings. The summed E-state index contributed by atoms with van der Waals surface area (Å²) in [6, 6.07) is 7.41. The number of rotatable bonds is 3. The van der Waals surface area contributed by atoms with Crippen molar-refractivity contribution in [1.82, 2.24) is 9.97 Å². The average molecular weight is 249 g/mol. The van der Waals surface area contributed by atoms with E-state index in [1.807, 2.05) is 31.2 Å². The van der Waals surface area contributed by atoms with Crippen LogP contribution in [0.2, 0.25) is 5.02 Å². The summed E-state index contributed by atoms with van der Waals surface area (Å²) in [7, 11) is 0. The van der Waals surface area contributed by atoms with E-state index in [4.69, 9.17) is 11.6 Å². The summed E-state index contributed by atoms with van der Waals surface area (Å²) in [5.74, 6) is 0. The maximum Gasteiger partial charge on any atom is 0.102 e. The first kappa shape index (κ1) is 12.0. The summed E-state index contributed by atoms with van der Waals surface area (Å²) in [4.78, 5) is 8.27. The van der Waals surface area contributed by atoms with Gasteiger partial charge in [0.1, 0.15) is 6.10 Å². The van der Waals surface area contributed by atoms with Crippen LogP contribution in [-0.4, -0.2) is 15.1 Å². The lowest BCUT2D eigenvalue weighted by Gasteiger charge is -2.09. The maximum absolute atomic E-state index is 10.00. The van der Waals surface area contributed by atoms with Gasteiger partial charge in [-0.2, -0.15) is 0 Å². The van der Waals surface area contributed by atoms with Crippen molar-refractivity contribution in [3.8, 4) is 0 Å². The Morgan fingerprint density at radius 2 is 1.88 bits per heavy atom. The van der Waals surface area contributed by atoms with Gasteiger partial charge in [0, 0.05) is 17.6 Å². The number of aliphatic hydroxyl groups excluding tert-OH is 1. The van der Waals surface area contributed by atoms with Crippen molar-refractivity contribution in [2.75, 3.05) is 0 Å². The average Bonchev–Trinajstić information content (AvgIpc) is 2.33. The molecule has 1 unspecified atom stereocenters. The Labute approximate surface area is 105 Å². The number of halogens is 1. The molecule has 0 spiro atoms. The van der Waals surface area contributed by atoms with E-state index in [9.17, 15) is 5.11 Å². The topological polar surface area (TPSA) is 46.0 Å². The molecule has 0 aliphatic heterocycles. The van der Waals surface area contributed by atoms with E-state index < -0.39 is 6.10 Å². The van der Waals surface area contributed by atoms with Crippen molar-refractivity contribution in [1.29, 1.82) is 0 Å². The molecule has 2 rings (SSSR count). The van der Waals surface area contributed by atoms with Crippen LogP contribution in [0.15, 0.2) is 36.7 Å². The van der Waals surface area contributed by atoms with Gasteiger partial charge in [-0.15, -0.1) is 0 Å². The maximum atomic E-state index is 10.00. The normalized spacial score (nSPS) is 12.4. The number of nitrogens with zero attached hydrogens (tertiary/aromatic N) is 2. The second-order valence-corrected chi connectivity index (χ2v) is 4.37. The molecule has 1 heterocycles. The van der Waals surface area contributed by atoms with E-state index in [-0.39, 0.29) is 0 Å². The first-order valence-corrected chi connectivity index (χ1v) is 5.74. The van der Waals surface area contributed by atoms with Crippen LogP contribution in [0.4, 0.5) is 0 Å². The molecule has 3 nitrogen and oxygen atoms in total. The molecule has 1 atom stereocenters. The van der Waals surface area contributed by atoms with Gasteiger partial charge in [-0.3, -0.25) is 9.97 Å². The van der Waals surface area contributed by atoms with Crippen LogP contribution >= 0.6 is 11.6 Å². The lowest BCUT2D eigenvalue weighted by molar-refractivity contribution is 0.173. The second-order valence-electron chi connectivity index (χ2n) is 3.93. The Morgan fingerprint density at radius 1 is 1.18 bits per heavy atom. The highest BCUT2D eigenvalue weighted by atomic mass is 35.5. The predicted molar refractivity (Wildman–Crippen MR) is 66.9 cm³/mol. The van der Waals surface area contributed by atoms with Crippen LogP contribution in [0.5, 0.6) is 0 Å². The highest BCUT2D eigenvalue weighted by Gasteiger charge is 2.10. The van der Waals surface area contributed by atoms with Crippen molar-refractivity contribution in [2.24, 2.45) is 0 Å². The fraction of sp³-hybridized carbons (Fsp3) is 0.231. The monoisotopic (exact) mass is 248 g/mol. The van der Waals surface area contributed by atoms with Gasteiger partial charge in [0.15, 0.2) is 0 Å². The smallest absolute Gasteiger partial charge is 0.102 e. The number of aliphatic hydroxyl groups is 1. The van der Waals surface area contributed by atoms with Crippen LogP contribution in [0, 0.1) is 6.92 Å². The Balaban J connectivity index is 2.08. The summed E-state index contributed by atoms with van der Waals surface area (Å²) >= 11 is 5.80. The van der Waals surface area contributed by atoms with Crippen LogP contribution < -0.4 is 0 Å². The molecule has 0 saturated carbocycles. The lowest BCUT2D eigenvalue weighted by Crippen LogP contribution is -2.05. The highest BCUT2D eigenvalue weighted by Crippen LogP contribution is 2.17. The molecular formula is C13H13ClN2O. The third-order valence-electron chi connectivity index (χ3n) is 2.48. The van der Waals surface area contributed by atoms with E-state index in [0.717, 1.165) is 11.3 Å². The molecule has 0 saturated heterocycles. The molecule has 0 aliphatic rings. The molecule has 0 amide bonds. The molecule has 0 radical (unpaired) electrons. The summed E-state index contributed by atoms with van der Waals surface area (Å²) in [6.45, 7) is 1.86. The molecule has 0 bridgehead atoms. The Morgan fingerprint density at radius 3 is 2.47 bits per heavy atom. The Kier molecular flexibility index (Phi) is 3.71. The van der Waals surface area contributed by atoms with Gasteiger partial charge in [0.05, 0.1) is 17.6 Å². The minimum Gasteiger partial charge on any atom is -0.386 e. The van der Waals surface area contributed by atoms with Gasteiger partial charge in [-0.05, 0) is 24.6 Å². The Bertz CT molecular complexity index is 482. The Hall–Kier alpha value is -1.45. The summed E-state index contributed by atoms with van der Waals surface area (Å²) in [6.07, 6.45) is 3.13. The standard InChI is InChI=1S/C13H13ClN2O/c1-9-7-16-12(8-15-9)13(17)6-10-2-4-11(14)5-3-10/h2-5,7-8,13,17H,6H2,1H3. The van der Waals surface area contributed by atoms with Crippen LogP contribution in [-0.2, 0) is 6.42 Å². The van der Waals surface area contributed by atoms with E-state index >= 15 is 0 Å². The molecule has 17 heavy (non-hydrogen) atoms. The quantitative estimate of drug-likeness (QED) is 0.909. The van der Waals surface area contributed by atoms with Crippen molar-refractivity contribution < 1.29 is 5.11 Å². The zero-order valence-electron chi connectivity index (χ0n) is 9.47. The first-order chi connectivity index (χ1) is 8.15. The fourth-order valence-electron chi connectivity index (χ4n) is 1.52. The molecule has 4 heteroatoms. The van der Waals surface area contributed by atoms with Crippen LogP contribution in [0.25, 0.3) is 0 Å². The zero-order chi connectivity index (χ0) is 12.3. The van der Waals surface area contributed by atoms with E-state index in [0.29, 0.717) is 17.1 Å². The number of hydrogen-bond donors (Lipinski definition) is 1. The second kappa shape index (κ2) is 5.25. The summed E-state index contributed by atoms with van der Waals surface area (Å²) in [5.41, 5.74) is 2.45. The third-order valence-corrected chi connectivity index (χ3v) is 2.74. The molecule has 0 aliphatic carbocycles. The molecule has 1 aromatic carbocycles. The number of benzene rings is 1. The molecule has 1 N–H and O–H groups in total. The number of hydrogen-bond acceptors (Lipinski definition) is 3. The molecule has 0 fully saturated rings. The SMILES string of the molecule is Cc1cnc(C(O)Cc2ccc(Cl)cc2)cn1. The predicted octanol–water partition coefficient (Wildman–Crippen LogP) is 2.71. The fourth-order valence-corrected chi connectivity index (χ4v) is 1.65. The first-order valence-electron chi connectivity index (χ1n) is 5.36. The number of aromatic nitrogens is 2. The van der Waals surface area contributed by atoms with E-state index in [2.05, 4.69) is 9.97 Å². The minimum absolute atomic E-state index is 0.509. The van der Waals surface area contributed by atoms with Crippen molar-refractivity contribution in [2.45, 2.75) is 19.4 Å². The zero-order valence-corrected chi connectivity index (χ0v) is 10.2. The van der Waals surface area contributed by atoms with Gasteiger partial charge in [-0.1, -0.05) is 23.7 Å². The van der Waals surface area contributed by atoms with Crippen molar-refractivity contribution in [3.05, 3.63) is 58.6 Å². The molecular weight excluding hydrogens is 236 g/mol. The van der Waals surface area contributed by atoms with Crippen molar-refractivity contribution >= 4 is 11.6 Å². The largest absolute Gasteiger partial charge is 0.386 e. The summed E-state index contributed by atoms with van der Waals surface area (Å²) < 4.78 is 0. The van der Waals surface area contributed by atoms with Gasteiger partial charge in [-0.25, -0.2) is 0 Å². The molecule has 1 aromatic heterocycles. The number of aryl methyl sites for hydroxylation is 1. The van der Waals surface area contributed by atoms with Crippen LogP contribution in [0.1, 0.15) is 23.1 Å². The third kappa shape index (κ3) is 3.25. The van der Waals surface area contributed by atoms with Crippen LogP contribution in [0.3, 0.4) is 0 Å². The van der Waals surface area contributed by atoms with Crippen molar-refractivity contribution in [3.63, 3.8) is 0 Å². The van der Waals surface area contributed by atoms with Gasteiger partial charge < -0.3 is 5.11 Å². The lowest BCUT2D eigenvalue weighted by atomic mass is 10.1. The van der Waals surface area contributed by atoms with Gasteiger partial charge in [0.25, 0.3) is 0 Å². The summed E-state index contributed by atoms with van der Waals surface area (Å²) in [5, 5.41) is 10.7. The van der Waals surface area contributed by atoms with Gasteiger partial charge in [0.2, 0.25) is 0 Å². The van der Waals surface area contributed by atoms with E-state index in [1.165, 1.54) is 0 Å². The van der Waals surface area contributed by atoms with Gasteiger partial charge >= 0.3 is 0 Å². The highest BCUT2D eigenvalue weighted by molar-refractivity contribution is 6.30. The molecule has 88 valence electrons. The minimum atomic E-state index is -0.635. The van der Waals surface area contributed by atoms with E-state index in [1.54, 1.807) is 12.4 Å².